The third kappa shape index (κ3) is 2.33. The summed E-state index contributed by atoms with van der Waals surface area (Å²) in [5, 5.41) is 20.9. The second kappa shape index (κ2) is 5.21. The number of nitrogens with zero attached hydrogens (tertiary/aromatic N) is 1. The monoisotopic (exact) mass is 258 g/mol. The topological polar surface area (TPSA) is 99.1 Å². The highest BCUT2D eigenvalue weighted by molar-refractivity contribution is 5.98. The summed E-state index contributed by atoms with van der Waals surface area (Å²) in [6.45, 7) is 1.87. The summed E-state index contributed by atoms with van der Waals surface area (Å²) in [6.07, 6.45) is -1.15. The number of carbonyl (C=O) groups is 2. The van der Waals surface area contributed by atoms with Crippen molar-refractivity contribution in [2.24, 2.45) is 5.92 Å². The minimum atomic E-state index is -0.787. The van der Waals surface area contributed by atoms with Gasteiger partial charge in [0.05, 0.1) is 18.6 Å². The predicted octanol–water partition coefficient (Wildman–Crippen LogP) is -0.967. The fourth-order valence-corrected chi connectivity index (χ4v) is 2.32. The van der Waals surface area contributed by atoms with E-state index in [0.29, 0.717) is 6.42 Å². The molecule has 2 saturated heterocycles. The number of hydrogen-bond acceptors (Lipinski definition) is 5. The molecular weight excluding hydrogens is 240 g/mol. The third-order valence-electron chi connectivity index (χ3n) is 3.50. The standard InChI is InChI=1S/C11H18N2O5/c1-2-6-4-13(11(17)12-10(6)16)9-3-7(15)8(5-14)18-9/h6-9,14-15H,2-5H2,1H3,(H,12,16,17)/t6?,7-,8+,9+/m0/s1. The Morgan fingerprint density at radius 3 is 2.78 bits per heavy atom. The van der Waals surface area contributed by atoms with E-state index in [1.54, 1.807) is 0 Å². The number of rotatable bonds is 3. The number of hydrogen-bond donors (Lipinski definition) is 3. The lowest BCUT2D eigenvalue weighted by molar-refractivity contribution is -0.129. The van der Waals surface area contributed by atoms with Gasteiger partial charge in [-0.15, -0.1) is 0 Å². The zero-order chi connectivity index (χ0) is 13.3. The molecule has 0 spiro atoms. The summed E-state index contributed by atoms with van der Waals surface area (Å²) in [5.74, 6) is -0.521. The van der Waals surface area contributed by atoms with Crippen LogP contribution in [0.1, 0.15) is 19.8 Å². The number of imide groups is 1. The fraction of sp³-hybridized carbons (Fsp3) is 0.818. The molecule has 2 rings (SSSR count). The average molecular weight is 258 g/mol. The minimum Gasteiger partial charge on any atom is -0.394 e. The van der Waals surface area contributed by atoms with Crippen LogP contribution in [0.2, 0.25) is 0 Å². The molecule has 2 aliphatic heterocycles. The highest BCUT2D eigenvalue weighted by Crippen LogP contribution is 2.26. The Hall–Kier alpha value is -1.18. The van der Waals surface area contributed by atoms with Crippen molar-refractivity contribution in [2.45, 2.75) is 38.2 Å². The maximum absolute atomic E-state index is 11.7. The second-order valence-electron chi connectivity index (χ2n) is 4.67. The lowest BCUT2D eigenvalue weighted by Gasteiger charge is -2.35. The van der Waals surface area contributed by atoms with Crippen LogP contribution < -0.4 is 5.32 Å². The maximum atomic E-state index is 11.7. The average Bonchev–Trinajstić information content (AvgIpc) is 2.70. The third-order valence-corrected chi connectivity index (χ3v) is 3.50. The number of urea groups is 1. The van der Waals surface area contributed by atoms with E-state index >= 15 is 0 Å². The molecule has 0 radical (unpaired) electrons. The van der Waals surface area contributed by atoms with Crippen molar-refractivity contribution in [3.63, 3.8) is 0 Å². The van der Waals surface area contributed by atoms with Crippen LogP contribution in [0.4, 0.5) is 4.79 Å². The lowest BCUT2D eigenvalue weighted by Crippen LogP contribution is -2.57. The van der Waals surface area contributed by atoms with Gasteiger partial charge >= 0.3 is 6.03 Å². The summed E-state index contributed by atoms with van der Waals surface area (Å²) >= 11 is 0. The summed E-state index contributed by atoms with van der Waals surface area (Å²) in [4.78, 5) is 24.6. The Bertz CT molecular complexity index is 348. The summed E-state index contributed by atoms with van der Waals surface area (Å²) in [6, 6.07) is -0.500. The first-order valence-corrected chi connectivity index (χ1v) is 6.12. The van der Waals surface area contributed by atoms with Gasteiger partial charge in [-0.3, -0.25) is 15.0 Å². The van der Waals surface area contributed by atoms with Crippen LogP contribution in [-0.2, 0) is 9.53 Å². The molecule has 0 aromatic rings. The van der Waals surface area contributed by atoms with Crippen LogP contribution in [0.5, 0.6) is 0 Å². The van der Waals surface area contributed by atoms with Crippen molar-refractivity contribution in [2.75, 3.05) is 13.2 Å². The largest absolute Gasteiger partial charge is 0.394 e. The van der Waals surface area contributed by atoms with Crippen molar-refractivity contribution >= 4 is 11.9 Å². The molecule has 7 nitrogen and oxygen atoms in total. The molecule has 0 saturated carbocycles. The number of aliphatic hydroxyl groups excluding tert-OH is 2. The Balaban J connectivity index is 2.04. The Morgan fingerprint density at radius 1 is 1.50 bits per heavy atom. The number of nitrogens with one attached hydrogen (secondary N) is 1. The quantitative estimate of drug-likeness (QED) is 0.605. The van der Waals surface area contributed by atoms with Crippen LogP contribution in [0.3, 0.4) is 0 Å². The predicted molar refractivity (Wildman–Crippen MR) is 60.4 cm³/mol. The first kappa shape index (κ1) is 13.3. The molecule has 3 amide bonds. The molecule has 0 aromatic heterocycles. The summed E-state index contributed by atoms with van der Waals surface area (Å²) < 4.78 is 5.41. The molecule has 3 N–H and O–H groups in total. The van der Waals surface area contributed by atoms with E-state index in [0.717, 1.165) is 0 Å². The molecule has 0 aromatic carbocycles. The number of aliphatic hydroxyl groups is 2. The smallest absolute Gasteiger partial charge is 0.326 e. The van der Waals surface area contributed by atoms with E-state index in [1.165, 1.54) is 4.90 Å². The molecule has 102 valence electrons. The van der Waals surface area contributed by atoms with Crippen LogP contribution in [-0.4, -0.2) is 58.6 Å². The summed E-state index contributed by atoms with van der Waals surface area (Å²) in [7, 11) is 0. The first-order chi connectivity index (χ1) is 8.56. The van der Waals surface area contributed by atoms with Gasteiger partial charge in [0.2, 0.25) is 5.91 Å². The SMILES string of the molecule is CCC1CN([C@H]2C[C@H](O)[C@@H](CO)O2)C(=O)NC1=O. The van der Waals surface area contributed by atoms with Crippen LogP contribution in [0, 0.1) is 5.92 Å². The van der Waals surface area contributed by atoms with Gasteiger partial charge in [0.15, 0.2) is 0 Å². The van der Waals surface area contributed by atoms with Gasteiger partial charge in [0.1, 0.15) is 12.3 Å². The van der Waals surface area contributed by atoms with Gasteiger partial charge in [-0.25, -0.2) is 4.79 Å². The normalized spacial score (nSPS) is 36.9. The van der Waals surface area contributed by atoms with Gasteiger partial charge in [0, 0.05) is 13.0 Å². The molecule has 18 heavy (non-hydrogen) atoms. The van der Waals surface area contributed by atoms with Gasteiger partial charge in [-0.05, 0) is 6.42 Å². The number of ether oxygens (including phenoxy) is 1. The summed E-state index contributed by atoms with van der Waals surface area (Å²) in [5.41, 5.74) is 0. The highest BCUT2D eigenvalue weighted by Gasteiger charge is 2.42. The lowest BCUT2D eigenvalue weighted by atomic mass is 10.0. The Kier molecular flexibility index (Phi) is 3.84. The zero-order valence-electron chi connectivity index (χ0n) is 10.2. The van der Waals surface area contributed by atoms with Gasteiger partial charge in [-0.2, -0.15) is 0 Å². The van der Waals surface area contributed by atoms with E-state index < -0.39 is 24.5 Å². The first-order valence-electron chi connectivity index (χ1n) is 6.12. The van der Waals surface area contributed by atoms with E-state index in [2.05, 4.69) is 5.32 Å². The molecule has 4 atom stereocenters. The number of amides is 3. The fourth-order valence-electron chi connectivity index (χ4n) is 2.32. The second-order valence-corrected chi connectivity index (χ2v) is 4.67. The minimum absolute atomic E-state index is 0.253. The van der Waals surface area contributed by atoms with Crippen molar-refractivity contribution in [3.05, 3.63) is 0 Å². The number of carbonyl (C=O) groups excluding carboxylic acids is 2. The van der Waals surface area contributed by atoms with Crippen molar-refractivity contribution in [1.82, 2.24) is 10.2 Å². The Labute approximate surface area is 105 Å². The van der Waals surface area contributed by atoms with Gasteiger partial charge in [-0.1, -0.05) is 6.92 Å². The van der Waals surface area contributed by atoms with E-state index in [9.17, 15) is 14.7 Å². The van der Waals surface area contributed by atoms with E-state index in [1.807, 2.05) is 6.92 Å². The van der Waals surface area contributed by atoms with Gasteiger partial charge in [0.25, 0.3) is 0 Å². The van der Waals surface area contributed by atoms with Crippen LogP contribution >= 0.6 is 0 Å². The molecular formula is C11H18N2O5. The Morgan fingerprint density at radius 2 is 2.22 bits per heavy atom. The molecule has 1 unspecified atom stereocenters. The molecule has 2 aliphatic rings. The van der Waals surface area contributed by atoms with E-state index in [4.69, 9.17) is 9.84 Å². The molecule has 2 fully saturated rings. The molecule has 7 heteroatoms. The highest BCUT2D eigenvalue weighted by atomic mass is 16.5. The molecule has 0 aliphatic carbocycles. The molecule has 0 bridgehead atoms. The van der Waals surface area contributed by atoms with E-state index in [-0.39, 0.29) is 31.4 Å². The molecule has 2 heterocycles. The van der Waals surface area contributed by atoms with Crippen molar-refractivity contribution in [3.8, 4) is 0 Å². The van der Waals surface area contributed by atoms with Crippen molar-refractivity contribution < 1.29 is 24.5 Å². The zero-order valence-corrected chi connectivity index (χ0v) is 10.2. The van der Waals surface area contributed by atoms with Gasteiger partial charge < -0.3 is 14.9 Å². The maximum Gasteiger partial charge on any atom is 0.326 e. The van der Waals surface area contributed by atoms with Crippen LogP contribution in [0.25, 0.3) is 0 Å². The van der Waals surface area contributed by atoms with Crippen molar-refractivity contribution in [1.29, 1.82) is 0 Å². The van der Waals surface area contributed by atoms with Crippen LogP contribution in [0.15, 0.2) is 0 Å².